The first-order valence-corrected chi connectivity index (χ1v) is 14.9. The molecule has 0 bridgehead atoms. The van der Waals surface area contributed by atoms with E-state index in [1.54, 1.807) is 17.9 Å². The molecule has 14 heteroatoms. The van der Waals surface area contributed by atoms with Crippen molar-refractivity contribution in [2.75, 3.05) is 37.8 Å². The number of halogens is 2. The van der Waals surface area contributed by atoms with Crippen LogP contribution in [0.2, 0.25) is 0 Å². The van der Waals surface area contributed by atoms with E-state index in [1.165, 1.54) is 18.3 Å². The molecule has 0 aliphatic carbocycles. The number of thiazole rings is 1. The van der Waals surface area contributed by atoms with Crippen LogP contribution in [-0.4, -0.2) is 74.5 Å². The summed E-state index contributed by atoms with van der Waals surface area (Å²) < 4.78 is 42.9. The quantitative estimate of drug-likeness (QED) is 0.333. The van der Waals surface area contributed by atoms with Crippen molar-refractivity contribution in [3.63, 3.8) is 0 Å². The summed E-state index contributed by atoms with van der Waals surface area (Å²) in [6.07, 6.45) is 0.719. The van der Waals surface area contributed by atoms with E-state index in [2.05, 4.69) is 14.6 Å². The maximum absolute atomic E-state index is 14.6. The lowest BCUT2D eigenvalue weighted by atomic mass is 10.0. The molecule has 0 saturated carbocycles. The number of nitrogens with zero attached hydrogens (tertiary/aromatic N) is 6. The van der Waals surface area contributed by atoms with Gasteiger partial charge in [0, 0.05) is 61.7 Å². The van der Waals surface area contributed by atoms with Gasteiger partial charge in [0.1, 0.15) is 27.7 Å². The van der Waals surface area contributed by atoms with Crippen LogP contribution in [0, 0.1) is 0 Å². The lowest BCUT2D eigenvalue weighted by molar-refractivity contribution is -0.129. The standard InChI is InChI=1S/C29H28F2N6O5S/c1-15(38)35-5-2-22-20(14-35)26(34-37(22)17-3-7-41-8-4-17)36-6-9-42-24-12-19(18(25(30)31)11-23(24)36)27-33-21-10-16(29(39)40)13-32-28(21)43-27/h10-13,17,25H,2-9,14H2,1H3,(H,39,40). The topological polar surface area (TPSA) is 123 Å². The third kappa shape index (κ3) is 4.87. The number of carbonyl (C=O) groups excluding carboxylic acids is 1. The molecule has 0 radical (unpaired) electrons. The summed E-state index contributed by atoms with van der Waals surface area (Å²) in [7, 11) is 0. The highest BCUT2D eigenvalue weighted by atomic mass is 32.1. The number of hydrogen-bond acceptors (Lipinski definition) is 9. The Hall–Kier alpha value is -4.17. The Morgan fingerprint density at radius 3 is 2.70 bits per heavy atom. The minimum Gasteiger partial charge on any atom is -0.490 e. The van der Waals surface area contributed by atoms with Crippen molar-refractivity contribution in [2.24, 2.45) is 0 Å². The normalized spacial score (nSPS) is 17.2. The van der Waals surface area contributed by atoms with Gasteiger partial charge in [-0.3, -0.25) is 9.48 Å². The largest absolute Gasteiger partial charge is 0.490 e. The maximum atomic E-state index is 14.6. The van der Waals surface area contributed by atoms with Gasteiger partial charge in [0.05, 0.1) is 30.4 Å². The summed E-state index contributed by atoms with van der Waals surface area (Å²) in [5.41, 5.74) is 2.73. The second-order valence-electron chi connectivity index (χ2n) is 10.8. The first-order valence-electron chi connectivity index (χ1n) is 14.1. The van der Waals surface area contributed by atoms with Gasteiger partial charge in [0.25, 0.3) is 6.43 Å². The molecule has 1 saturated heterocycles. The Morgan fingerprint density at radius 1 is 1.14 bits per heavy atom. The predicted octanol–water partition coefficient (Wildman–Crippen LogP) is 4.98. The highest BCUT2D eigenvalue weighted by molar-refractivity contribution is 7.21. The number of carboxylic acid groups (broad SMARTS) is 1. The van der Waals surface area contributed by atoms with Gasteiger partial charge in [0.2, 0.25) is 5.91 Å². The van der Waals surface area contributed by atoms with Crippen molar-refractivity contribution in [3.8, 4) is 16.3 Å². The van der Waals surface area contributed by atoms with E-state index in [0.29, 0.717) is 78.5 Å². The van der Waals surface area contributed by atoms with Crippen LogP contribution >= 0.6 is 11.3 Å². The van der Waals surface area contributed by atoms with Gasteiger partial charge in [-0.2, -0.15) is 5.10 Å². The van der Waals surface area contributed by atoms with E-state index >= 15 is 0 Å². The fourth-order valence-electron chi connectivity index (χ4n) is 6.07. The molecule has 3 aliphatic heterocycles. The number of aromatic carboxylic acids is 1. The van der Waals surface area contributed by atoms with Crippen molar-refractivity contribution in [1.82, 2.24) is 24.6 Å². The molecule has 4 aromatic rings. The molecule has 3 aromatic heterocycles. The molecule has 0 atom stereocenters. The van der Waals surface area contributed by atoms with Crippen LogP contribution in [0.4, 0.5) is 20.3 Å². The number of amides is 1. The summed E-state index contributed by atoms with van der Waals surface area (Å²) in [4.78, 5) is 36.5. The van der Waals surface area contributed by atoms with Crippen LogP contribution in [0.15, 0.2) is 24.4 Å². The Kier molecular flexibility index (Phi) is 6.96. The molecule has 1 aromatic carbocycles. The van der Waals surface area contributed by atoms with Crippen LogP contribution in [-0.2, 0) is 22.5 Å². The number of carboxylic acids is 1. The van der Waals surface area contributed by atoms with E-state index in [4.69, 9.17) is 14.6 Å². The predicted molar refractivity (Wildman–Crippen MR) is 153 cm³/mol. The van der Waals surface area contributed by atoms with Crippen LogP contribution in [0.5, 0.6) is 5.75 Å². The number of benzene rings is 1. The second-order valence-corrected chi connectivity index (χ2v) is 11.8. The minimum atomic E-state index is -2.82. The molecular formula is C29H28F2N6O5S. The van der Waals surface area contributed by atoms with Gasteiger partial charge in [-0.15, -0.1) is 0 Å². The third-order valence-electron chi connectivity index (χ3n) is 8.26. The van der Waals surface area contributed by atoms with Gasteiger partial charge in [-0.1, -0.05) is 11.3 Å². The molecule has 11 nitrogen and oxygen atoms in total. The monoisotopic (exact) mass is 610 g/mol. The SMILES string of the molecule is CC(=O)N1CCc2c(c(N3CCOc4cc(-c5nc6cc(C(=O)O)cnc6s5)c(C(F)F)cc43)nn2C2CCOCC2)C1. The Morgan fingerprint density at radius 2 is 1.95 bits per heavy atom. The first kappa shape index (κ1) is 27.7. The number of aromatic nitrogens is 4. The third-order valence-corrected chi connectivity index (χ3v) is 9.27. The lowest BCUT2D eigenvalue weighted by Gasteiger charge is -2.33. The molecule has 0 spiro atoms. The summed E-state index contributed by atoms with van der Waals surface area (Å²) >= 11 is 1.11. The van der Waals surface area contributed by atoms with Crippen molar-refractivity contribution < 1.29 is 33.0 Å². The minimum absolute atomic E-state index is 0.0248. The van der Waals surface area contributed by atoms with E-state index in [-0.39, 0.29) is 28.6 Å². The number of pyridine rings is 1. The molecule has 43 heavy (non-hydrogen) atoms. The van der Waals surface area contributed by atoms with Crippen molar-refractivity contribution >= 4 is 45.1 Å². The average Bonchev–Trinajstić information content (AvgIpc) is 3.61. The molecular weight excluding hydrogens is 582 g/mol. The molecule has 224 valence electrons. The molecule has 3 aliphatic rings. The number of hydrogen-bond donors (Lipinski definition) is 1. The van der Waals surface area contributed by atoms with Crippen molar-refractivity contribution in [3.05, 3.63) is 46.8 Å². The number of anilines is 2. The molecule has 1 fully saturated rings. The number of rotatable bonds is 5. The zero-order chi connectivity index (χ0) is 29.8. The molecule has 0 unspecified atom stereocenters. The summed E-state index contributed by atoms with van der Waals surface area (Å²) in [5.74, 6) is -0.108. The lowest BCUT2D eigenvalue weighted by Crippen LogP contribution is -2.36. The molecule has 1 amide bonds. The zero-order valence-electron chi connectivity index (χ0n) is 23.3. The first-order chi connectivity index (χ1) is 20.8. The van der Waals surface area contributed by atoms with Gasteiger partial charge in [-0.05, 0) is 31.0 Å². The number of fused-ring (bicyclic) bond motifs is 3. The summed E-state index contributed by atoms with van der Waals surface area (Å²) in [6.45, 7) is 4.54. The summed E-state index contributed by atoms with van der Waals surface area (Å²) in [5, 5.41) is 14.7. The number of alkyl halides is 2. The molecule has 7 rings (SSSR count). The maximum Gasteiger partial charge on any atom is 0.337 e. The Bertz CT molecular complexity index is 1750. The van der Waals surface area contributed by atoms with Gasteiger partial charge < -0.3 is 24.4 Å². The fourth-order valence-corrected chi connectivity index (χ4v) is 6.99. The van der Waals surface area contributed by atoms with Crippen LogP contribution < -0.4 is 9.64 Å². The highest BCUT2D eigenvalue weighted by Crippen LogP contribution is 2.46. The van der Waals surface area contributed by atoms with Gasteiger partial charge >= 0.3 is 5.97 Å². The van der Waals surface area contributed by atoms with E-state index in [1.807, 2.05) is 4.90 Å². The Balaban J connectivity index is 1.33. The van der Waals surface area contributed by atoms with E-state index in [0.717, 1.165) is 35.4 Å². The van der Waals surface area contributed by atoms with Crippen LogP contribution in [0.1, 0.15) is 59.4 Å². The van der Waals surface area contributed by atoms with Crippen LogP contribution in [0.3, 0.4) is 0 Å². The fraction of sp³-hybridized carbons (Fsp3) is 0.414. The number of carbonyl (C=O) groups is 2. The van der Waals surface area contributed by atoms with Crippen LogP contribution in [0.25, 0.3) is 20.9 Å². The number of ether oxygens (including phenoxy) is 2. The second kappa shape index (κ2) is 10.8. The van der Waals surface area contributed by atoms with Crippen molar-refractivity contribution in [1.29, 1.82) is 0 Å². The molecule has 1 N–H and O–H groups in total. The Labute approximate surface area is 248 Å². The van der Waals surface area contributed by atoms with E-state index in [9.17, 15) is 23.5 Å². The molecule has 6 heterocycles. The van der Waals surface area contributed by atoms with Gasteiger partial charge in [0.15, 0.2) is 5.82 Å². The zero-order valence-corrected chi connectivity index (χ0v) is 24.1. The van der Waals surface area contributed by atoms with Gasteiger partial charge in [-0.25, -0.2) is 23.5 Å². The van der Waals surface area contributed by atoms with Crippen molar-refractivity contribution in [2.45, 2.75) is 45.2 Å². The highest BCUT2D eigenvalue weighted by Gasteiger charge is 2.35. The summed E-state index contributed by atoms with van der Waals surface area (Å²) in [6, 6.07) is 4.55. The smallest absolute Gasteiger partial charge is 0.337 e. The average molecular weight is 611 g/mol. The van der Waals surface area contributed by atoms with E-state index < -0.39 is 12.4 Å².